The first-order valence-electron chi connectivity index (χ1n) is 9.04. The van der Waals surface area contributed by atoms with E-state index < -0.39 is 6.29 Å². The molecule has 2 aromatic rings. The normalized spacial score (nSPS) is 29.7. The Morgan fingerprint density at radius 2 is 1.85 bits per heavy atom. The lowest BCUT2D eigenvalue weighted by molar-refractivity contribution is -0.189. The highest BCUT2D eigenvalue weighted by Gasteiger charge is 2.47. The van der Waals surface area contributed by atoms with Crippen molar-refractivity contribution in [2.45, 2.75) is 30.6 Å². The van der Waals surface area contributed by atoms with Crippen molar-refractivity contribution in [2.24, 2.45) is 10.9 Å². The maximum absolute atomic E-state index is 11.7. The monoisotopic (exact) mass is 382 g/mol. The zero-order valence-corrected chi connectivity index (χ0v) is 16.0. The van der Waals surface area contributed by atoms with Crippen LogP contribution in [0.3, 0.4) is 0 Å². The van der Waals surface area contributed by atoms with Crippen molar-refractivity contribution in [3.8, 4) is 0 Å². The fourth-order valence-corrected chi connectivity index (χ4v) is 5.22. The molecule has 1 amide bonds. The Hall–Kier alpha value is -2.15. The molecule has 0 radical (unpaired) electrons. The number of carbonyl (C=O) groups excluding carboxylic acids is 1. The van der Waals surface area contributed by atoms with Crippen LogP contribution in [0.1, 0.15) is 34.3 Å². The summed E-state index contributed by atoms with van der Waals surface area (Å²) in [6, 6.07) is 17.7. The number of amides is 1. The molecule has 0 aromatic heterocycles. The van der Waals surface area contributed by atoms with E-state index in [4.69, 9.17) is 9.73 Å². The molecule has 2 aliphatic rings. The summed E-state index contributed by atoms with van der Waals surface area (Å²) in [6.45, 7) is 2.02. The molecule has 0 saturated carbocycles. The number of aliphatic imine (C=N–C) groups is 1. The van der Waals surface area contributed by atoms with Gasteiger partial charge in [-0.1, -0.05) is 61.2 Å². The van der Waals surface area contributed by atoms with E-state index in [2.05, 4.69) is 17.4 Å². The van der Waals surface area contributed by atoms with E-state index in [0.29, 0.717) is 5.56 Å². The minimum absolute atomic E-state index is 0.0219. The first-order valence-corrected chi connectivity index (χ1v) is 9.92. The molecule has 140 valence electrons. The van der Waals surface area contributed by atoms with Gasteiger partial charge in [-0.25, -0.2) is 4.99 Å². The second-order valence-electron chi connectivity index (χ2n) is 6.89. The topological polar surface area (TPSA) is 70.9 Å². The summed E-state index contributed by atoms with van der Waals surface area (Å²) < 4.78 is 5.79. The Morgan fingerprint density at radius 1 is 1.15 bits per heavy atom. The number of rotatable bonds is 3. The van der Waals surface area contributed by atoms with Crippen LogP contribution in [0, 0.1) is 5.92 Å². The molecule has 0 bridgehead atoms. The van der Waals surface area contributed by atoms with E-state index in [9.17, 15) is 9.90 Å². The summed E-state index contributed by atoms with van der Waals surface area (Å²) in [4.78, 5) is 16.5. The van der Waals surface area contributed by atoms with Crippen LogP contribution in [0.15, 0.2) is 59.6 Å². The predicted molar refractivity (Wildman–Crippen MR) is 107 cm³/mol. The van der Waals surface area contributed by atoms with Gasteiger partial charge in [0.2, 0.25) is 0 Å². The Labute approximate surface area is 162 Å². The molecule has 5 atom stereocenters. The maximum atomic E-state index is 11.7. The molecule has 6 heteroatoms. The Bertz CT molecular complexity index is 853. The van der Waals surface area contributed by atoms with Crippen LogP contribution in [0.25, 0.3) is 0 Å². The largest absolute Gasteiger partial charge is 0.368 e. The third kappa shape index (κ3) is 3.40. The molecule has 1 saturated heterocycles. The van der Waals surface area contributed by atoms with Gasteiger partial charge in [0.25, 0.3) is 5.91 Å². The summed E-state index contributed by atoms with van der Waals surface area (Å²) in [5.74, 6) is 0.0170. The van der Waals surface area contributed by atoms with E-state index >= 15 is 0 Å². The number of fused-ring (bicyclic) bond motifs is 1. The van der Waals surface area contributed by atoms with Crippen LogP contribution in [0.5, 0.6) is 0 Å². The zero-order valence-electron chi connectivity index (χ0n) is 15.2. The Kier molecular flexibility index (Phi) is 5.04. The number of aliphatic hydroxyl groups excluding tert-OH is 1. The number of carbonyl (C=O) groups is 1. The van der Waals surface area contributed by atoms with Gasteiger partial charge in [0, 0.05) is 30.0 Å². The van der Waals surface area contributed by atoms with Gasteiger partial charge in [-0.3, -0.25) is 4.79 Å². The average Bonchev–Trinajstić information content (AvgIpc) is 3.12. The van der Waals surface area contributed by atoms with Crippen molar-refractivity contribution >= 4 is 22.7 Å². The minimum atomic E-state index is -0.837. The van der Waals surface area contributed by atoms with Gasteiger partial charge in [0.15, 0.2) is 12.5 Å². The fraction of sp³-hybridized carbons (Fsp3) is 0.333. The number of aliphatic hydroxyl groups is 1. The van der Waals surface area contributed by atoms with E-state index in [1.54, 1.807) is 30.9 Å². The zero-order chi connectivity index (χ0) is 19.0. The standard InChI is InChI=1S/C21H22N2O3S/c1-12-16(13-6-4-3-5-7-13)17-19(26-21(12)25)23-20(27-17)15-10-8-14(9-11-15)18(24)22-2/h3-12,16-17,19,21,25H,1-2H3,(H,22,24). The number of hydrogen-bond donors (Lipinski definition) is 2. The molecule has 2 heterocycles. The first-order chi connectivity index (χ1) is 13.1. The third-order valence-corrected chi connectivity index (χ3v) is 6.59. The van der Waals surface area contributed by atoms with Crippen molar-refractivity contribution in [1.29, 1.82) is 0 Å². The highest BCUT2D eigenvalue weighted by molar-refractivity contribution is 8.15. The van der Waals surface area contributed by atoms with Gasteiger partial charge in [-0.05, 0) is 17.7 Å². The molecule has 5 nitrogen and oxygen atoms in total. The summed E-state index contributed by atoms with van der Waals surface area (Å²) in [5.41, 5.74) is 2.77. The summed E-state index contributed by atoms with van der Waals surface area (Å²) in [6.07, 6.45) is -1.21. The molecule has 4 rings (SSSR count). The first kappa shape index (κ1) is 18.2. The van der Waals surface area contributed by atoms with Gasteiger partial charge in [-0.2, -0.15) is 0 Å². The molecule has 1 fully saturated rings. The average molecular weight is 382 g/mol. The molecule has 2 aliphatic heterocycles. The number of nitrogens with zero attached hydrogens (tertiary/aromatic N) is 1. The van der Waals surface area contributed by atoms with E-state index in [-0.39, 0.29) is 29.2 Å². The van der Waals surface area contributed by atoms with E-state index in [0.717, 1.165) is 10.6 Å². The summed E-state index contributed by atoms with van der Waals surface area (Å²) >= 11 is 1.69. The molecule has 5 unspecified atom stereocenters. The molecule has 0 spiro atoms. The second-order valence-corrected chi connectivity index (χ2v) is 8.05. The van der Waals surface area contributed by atoms with Crippen molar-refractivity contribution < 1.29 is 14.6 Å². The molecular weight excluding hydrogens is 360 g/mol. The highest BCUT2D eigenvalue weighted by atomic mass is 32.2. The van der Waals surface area contributed by atoms with E-state index in [1.807, 2.05) is 37.3 Å². The quantitative estimate of drug-likeness (QED) is 0.856. The lowest BCUT2D eigenvalue weighted by Crippen LogP contribution is -2.45. The molecule has 2 aromatic carbocycles. The van der Waals surface area contributed by atoms with Crippen molar-refractivity contribution in [3.63, 3.8) is 0 Å². The Morgan fingerprint density at radius 3 is 2.52 bits per heavy atom. The lowest BCUT2D eigenvalue weighted by Gasteiger charge is -2.40. The molecule has 27 heavy (non-hydrogen) atoms. The van der Waals surface area contributed by atoms with Crippen LogP contribution in [-0.2, 0) is 4.74 Å². The van der Waals surface area contributed by atoms with Gasteiger partial charge >= 0.3 is 0 Å². The molecule has 2 N–H and O–H groups in total. The smallest absolute Gasteiger partial charge is 0.251 e. The second kappa shape index (κ2) is 7.46. The number of benzene rings is 2. The summed E-state index contributed by atoms with van der Waals surface area (Å²) in [5, 5.41) is 14.0. The highest BCUT2D eigenvalue weighted by Crippen LogP contribution is 2.48. The predicted octanol–water partition coefficient (Wildman–Crippen LogP) is 3.00. The lowest BCUT2D eigenvalue weighted by atomic mass is 9.81. The van der Waals surface area contributed by atoms with Crippen LogP contribution < -0.4 is 5.32 Å². The maximum Gasteiger partial charge on any atom is 0.251 e. The summed E-state index contributed by atoms with van der Waals surface area (Å²) in [7, 11) is 1.62. The minimum Gasteiger partial charge on any atom is -0.368 e. The molecule has 0 aliphatic carbocycles. The number of nitrogens with one attached hydrogen (secondary N) is 1. The van der Waals surface area contributed by atoms with Gasteiger partial charge in [0.05, 0.1) is 5.25 Å². The van der Waals surface area contributed by atoms with Gasteiger partial charge < -0.3 is 15.2 Å². The third-order valence-electron chi connectivity index (χ3n) is 5.23. The van der Waals surface area contributed by atoms with Crippen LogP contribution >= 0.6 is 11.8 Å². The van der Waals surface area contributed by atoms with Crippen molar-refractivity contribution in [2.75, 3.05) is 7.05 Å². The van der Waals surface area contributed by atoms with Crippen molar-refractivity contribution in [1.82, 2.24) is 5.32 Å². The van der Waals surface area contributed by atoms with Gasteiger partial charge in [-0.15, -0.1) is 0 Å². The SMILES string of the molecule is CNC(=O)c1ccc(C2=NC3OC(O)C(C)C(c4ccccc4)C3S2)cc1. The number of ether oxygens (including phenoxy) is 1. The van der Waals surface area contributed by atoms with Gasteiger partial charge in [0.1, 0.15) is 5.04 Å². The fourth-order valence-electron chi connectivity index (χ4n) is 3.73. The number of thioether (sulfide) groups is 1. The Balaban J connectivity index is 1.61. The molecular formula is C21H22N2O3S. The van der Waals surface area contributed by atoms with Crippen molar-refractivity contribution in [3.05, 3.63) is 71.3 Å². The number of hydrogen-bond acceptors (Lipinski definition) is 5. The van der Waals surface area contributed by atoms with Crippen LogP contribution in [0.4, 0.5) is 0 Å². The van der Waals surface area contributed by atoms with Crippen LogP contribution in [-0.4, -0.2) is 40.9 Å². The van der Waals surface area contributed by atoms with E-state index in [1.165, 1.54) is 5.56 Å². The van der Waals surface area contributed by atoms with Crippen LogP contribution in [0.2, 0.25) is 0 Å².